The Morgan fingerprint density at radius 1 is 1.35 bits per heavy atom. The van der Waals surface area contributed by atoms with Crippen LogP contribution in [0, 0.1) is 0 Å². The molecule has 0 saturated carbocycles. The number of carbonyl (C=O) groups excluding carboxylic acids is 1. The molecule has 0 bridgehead atoms. The van der Waals surface area contributed by atoms with Crippen LogP contribution in [0.5, 0.6) is 0 Å². The fraction of sp³-hybridized carbons (Fsp3) is 0.750. The van der Waals surface area contributed by atoms with Crippen molar-refractivity contribution in [1.82, 2.24) is 5.48 Å². The Labute approximate surface area is 102 Å². The normalized spacial score (nSPS) is 16.0. The summed E-state index contributed by atoms with van der Waals surface area (Å²) in [5.74, 6) is -1.80. The van der Waals surface area contributed by atoms with Gasteiger partial charge in [-0.15, -0.1) is 0 Å². The largest absolute Gasteiger partial charge is 0.480 e. The number of hydroxylamine groups is 1. The lowest BCUT2D eigenvalue weighted by molar-refractivity contribution is -0.142. The summed E-state index contributed by atoms with van der Waals surface area (Å²) in [7, 11) is 0. The van der Waals surface area contributed by atoms with Gasteiger partial charge in [-0.1, -0.05) is 0 Å². The number of hydrogen-bond donors (Lipinski definition) is 6. The van der Waals surface area contributed by atoms with E-state index in [-0.39, 0.29) is 12.2 Å². The van der Waals surface area contributed by atoms with Gasteiger partial charge < -0.3 is 21.1 Å². The number of nitrogens with two attached hydrogens (primary N) is 1. The van der Waals surface area contributed by atoms with E-state index in [2.05, 4.69) is 0 Å². The molecule has 100 valence electrons. The molecule has 7 N–H and O–H groups in total. The van der Waals surface area contributed by atoms with Crippen LogP contribution in [-0.4, -0.2) is 62.2 Å². The zero-order valence-corrected chi connectivity index (χ0v) is 9.76. The van der Waals surface area contributed by atoms with Gasteiger partial charge in [0.15, 0.2) is 6.10 Å². The summed E-state index contributed by atoms with van der Waals surface area (Å²) in [6, 6.07) is -0.967. The van der Waals surface area contributed by atoms with Gasteiger partial charge in [0.25, 0.3) is 5.91 Å². The first-order valence-corrected chi connectivity index (χ1v) is 5.91. The Bertz CT molecular complexity index is 264. The highest BCUT2D eigenvalue weighted by molar-refractivity contribution is 7.99. The summed E-state index contributed by atoms with van der Waals surface area (Å²) in [5.41, 5.74) is 6.45. The second-order valence-corrected chi connectivity index (χ2v) is 4.45. The third-order valence-electron chi connectivity index (χ3n) is 1.92. The lowest BCUT2D eigenvalue weighted by Crippen LogP contribution is -2.42. The van der Waals surface area contributed by atoms with Crippen LogP contribution in [0.25, 0.3) is 0 Å². The van der Waals surface area contributed by atoms with E-state index in [0.29, 0.717) is 5.75 Å². The third-order valence-corrected chi connectivity index (χ3v) is 3.02. The Hall–Kier alpha value is -0.870. The first-order chi connectivity index (χ1) is 7.90. The minimum atomic E-state index is -1.72. The Morgan fingerprint density at radius 3 is 2.41 bits per heavy atom. The molecule has 0 saturated heterocycles. The number of aliphatic hydroxyl groups is 2. The number of carbonyl (C=O) groups is 2. The van der Waals surface area contributed by atoms with E-state index in [4.69, 9.17) is 21.2 Å². The fourth-order valence-corrected chi connectivity index (χ4v) is 1.88. The molecule has 1 amide bonds. The van der Waals surface area contributed by atoms with Crippen molar-refractivity contribution in [2.24, 2.45) is 5.73 Å². The van der Waals surface area contributed by atoms with Crippen molar-refractivity contribution in [3.8, 4) is 0 Å². The van der Waals surface area contributed by atoms with E-state index >= 15 is 0 Å². The maximum Gasteiger partial charge on any atom is 0.320 e. The number of aliphatic hydroxyl groups excluding tert-OH is 2. The van der Waals surface area contributed by atoms with Gasteiger partial charge in [-0.2, -0.15) is 11.8 Å². The van der Waals surface area contributed by atoms with Gasteiger partial charge in [-0.25, -0.2) is 5.48 Å². The summed E-state index contributed by atoms with van der Waals surface area (Å²) < 4.78 is 0. The second kappa shape index (κ2) is 8.25. The van der Waals surface area contributed by atoms with Gasteiger partial charge in [0.05, 0.1) is 6.10 Å². The van der Waals surface area contributed by atoms with Crippen molar-refractivity contribution in [2.75, 3.05) is 11.5 Å². The SMILES string of the molecule is N[C@@H](CCSC[C@@H](O)[C@@H](O)C(=O)NO)C(=O)O. The van der Waals surface area contributed by atoms with Crippen LogP contribution in [0.4, 0.5) is 0 Å². The van der Waals surface area contributed by atoms with Gasteiger partial charge >= 0.3 is 5.97 Å². The molecule has 0 heterocycles. The van der Waals surface area contributed by atoms with Gasteiger partial charge in [0, 0.05) is 5.75 Å². The van der Waals surface area contributed by atoms with Crippen molar-refractivity contribution >= 4 is 23.6 Å². The Balaban J connectivity index is 3.75. The number of nitrogens with one attached hydrogen (secondary N) is 1. The molecule has 0 unspecified atom stereocenters. The van der Waals surface area contributed by atoms with E-state index in [0.717, 1.165) is 11.8 Å². The van der Waals surface area contributed by atoms with Crippen LogP contribution in [0.3, 0.4) is 0 Å². The Morgan fingerprint density at radius 2 is 1.94 bits per heavy atom. The van der Waals surface area contributed by atoms with Gasteiger partial charge in [-0.05, 0) is 12.2 Å². The molecule has 0 spiro atoms. The van der Waals surface area contributed by atoms with Crippen LogP contribution >= 0.6 is 11.8 Å². The van der Waals surface area contributed by atoms with Gasteiger partial charge in [-0.3, -0.25) is 14.8 Å². The topological polar surface area (TPSA) is 153 Å². The molecule has 0 aromatic carbocycles. The zero-order chi connectivity index (χ0) is 13.4. The van der Waals surface area contributed by atoms with Gasteiger partial charge in [0.2, 0.25) is 0 Å². The summed E-state index contributed by atoms with van der Waals surface area (Å²) in [6.45, 7) is 0. The highest BCUT2D eigenvalue weighted by atomic mass is 32.2. The van der Waals surface area contributed by atoms with Gasteiger partial charge in [0.1, 0.15) is 6.04 Å². The summed E-state index contributed by atoms with van der Waals surface area (Å²) in [5, 5.41) is 35.1. The molecular formula is C8H16N2O6S. The molecule has 9 heteroatoms. The van der Waals surface area contributed by atoms with Crippen molar-refractivity contribution in [2.45, 2.75) is 24.7 Å². The molecule has 8 nitrogen and oxygen atoms in total. The smallest absolute Gasteiger partial charge is 0.320 e. The molecule has 0 aromatic heterocycles. The van der Waals surface area contributed by atoms with E-state index in [1.165, 1.54) is 5.48 Å². The van der Waals surface area contributed by atoms with E-state index < -0.39 is 30.1 Å². The van der Waals surface area contributed by atoms with Crippen LogP contribution in [-0.2, 0) is 9.59 Å². The van der Waals surface area contributed by atoms with Crippen molar-refractivity contribution in [3.63, 3.8) is 0 Å². The third kappa shape index (κ3) is 6.44. The molecule has 0 radical (unpaired) electrons. The number of carboxylic acids is 1. The van der Waals surface area contributed by atoms with Crippen LogP contribution in [0.15, 0.2) is 0 Å². The predicted molar refractivity (Wildman–Crippen MR) is 59.5 cm³/mol. The van der Waals surface area contributed by atoms with E-state index in [1.807, 2.05) is 0 Å². The van der Waals surface area contributed by atoms with Crippen LogP contribution in [0.1, 0.15) is 6.42 Å². The average molecular weight is 268 g/mol. The number of thioether (sulfide) groups is 1. The van der Waals surface area contributed by atoms with Crippen molar-refractivity contribution < 1.29 is 30.1 Å². The number of aliphatic carboxylic acids is 1. The number of rotatable bonds is 8. The summed E-state index contributed by atoms with van der Waals surface area (Å²) in [4.78, 5) is 21.1. The molecule has 3 atom stereocenters. The quantitative estimate of drug-likeness (QED) is 0.164. The first kappa shape index (κ1) is 16.1. The highest BCUT2D eigenvalue weighted by Gasteiger charge is 2.23. The molecular weight excluding hydrogens is 252 g/mol. The Kier molecular flexibility index (Phi) is 7.83. The lowest BCUT2D eigenvalue weighted by atomic mass is 10.2. The molecule has 17 heavy (non-hydrogen) atoms. The maximum atomic E-state index is 10.7. The highest BCUT2D eigenvalue weighted by Crippen LogP contribution is 2.09. The molecule has 0 aliphatic rings. The first-order valence-electron chi connectivity index (χ1n) is 4.76. The molecule has 0 aromatic rings. The minimum Gasteiger partial charge on any atom is -0.480 e. The molecule has 0 aliphatic heterocycles. The molecule has 0 fully saturated rings. The number of amides is 1. The van der Waals surface area contributed by atoms with Crippen LogP contribution in [0.2, 0.25) is 0 Å². The lowest BCUT2D eigenvalue weighted by Gasteiger charge is -2.15. The monoisotopic (exact) mass is 268 g/mol. The number of hydrogen-bond acceptors (Lipinski definition) is 7. The standard InChI is InChI=1S/C8H16N2O6S/c9-4(8(14)15)1-2-17-3-5(11)6(12)7(13)10-16/h4-6,11-12,16H,1-3,9H2,(H,10,13)(H,14,15)/t4-,5+,6+/m0/s1. The van der Waals surface area contributed by atoms with E-state index in [9.17, 15) is 14.7 Å². The van der Waals surface area contributed by atoms with Crippen molar-refractivity contribution in [3.05, 3.63) is 0 Å². The molecule has 0 aliphatic carbocycles. The van der Waals surface area contributed by atoms with Crippen LogP contribution < -0.4 is 11.2 Å². The molecule has 0 rings (SSSR count). The minimum absolute atomic E-state index is 0.0287. The average Bonchev–Trinajstić information content (AvgIpc) is 2.31. The second-order valence-electron chi connectivity index (χ2n) is 3.30. The van der Waals surface area contributed by atoms with E-state index in [1.54, 1.807) is 0 Å². The number of carboxylic acid groups (broad SMARTS) is 1. The zero-order valence-electron chi connectivity index (χ0n) is 8.94. The fourth-order valence-electron chi connectivity index (χ4n) is 0.870. The maximum absolute atomic E-state index is 10.7. The van der Waals surface area contributed by atoms with Crippen molar-refractivity contribution in [1.29, 1.82) is 0 Å². The summed E-state index contributed by atoms with van der Waals surface area (Å²) >= 11 is 1.15. The summed E-state index contributed by atoms with van der Waals surface area (Å²) in [6.07, 6.45) is -2.84. The predicted octanol–water partition coefficient (Wildman–Crippen LogP) is -2.25.